The van der Waals surface area contributed by atoms with Crippen LogP contribution in [-0.2, 0) is 4.79 Å². The van der Waals surface area contributed by atoms with Gasteiger partial charge in [-0.2, -0.15) is 0 Å². The van der Waals surface area contributed by atoms with Crippen molar-refractivity contribution in [3.63, 3.8) is 0 Å². The molecule has 0 radical (unpaired) electrons. The highest BCUT2D eigenvalue weighted by molar-refractivity contribution is 5.66. The van der Waals surface area contributed by atoms with Crippen LogP contribution in [-0.4, -0.2) is 11.1 Å². The summed E-state index contributed by atoms with van der Waals surface area (Å²) in [5.74, 6) is 0.201. The lowest BCUT2D eigenvalue weighted by molar-refractivity contribution is -0.137. The van der Waals surface area contributed by atoms with Crippen molar-refractivity contribution in [3.05, 3.63) is 24.3 Å². The molecule has 0 spiro atoms. The third-order valence-electron chi connectivity index (χ3n) is 3.88. The lowest BCUT2D eigenvalue weighted by Gasteiger charge is -2.06. The highest BCUT2D eigenvalue weighted by atomic mass is 16.4. The molecule has 0 aliphatic rings. The van der Waals surface area contributed by atoms with E-state index >= 15 is 0 Å². The number of rotatable bonds is 14. The summed E-state index contributed by atoms with van der Waals surface area (Å²) in [5.41, 5.74) is 0. The Bertz CT molecular complexity index is 292. The second kappa shape index (κ2) is 15.3. The Morgan fingerprint density at radius 1 is 0.952 bits per heavy atom. The molecule has 2 nitrogen and oxygen atoms in total. The van der Waals surface area contributed by atoms with Gasteiger partial charge in [-0.25, -0.2) is 0 Å². The van der Waals surface area contributed by atoms with Crippen LogP contribution in [0.15, 0.2) is 24.3 Å². The van der Waals surface area contributed by atoms with Gasteiger partial charge in [0.2, 0.25) is 0 Å². The van der Waals surface area contributed by atoms with E-state index < -0.39 is 5.97 Å². The van der Waals surface area contributed by atoms with E-state index in [1.165, 1.54) is 38.5 Å². The number of unbranched alkanes of at least 4 members (excludes halogenated alkanes) is 5. The summed E-state index contributed by atoms with van der Waals surface area (Å²) in [6.45, 7) is 4.61. The van der Waals surface area contributed by atoms with Crippen molar-refractivity contribution < 1.29 is 9.90 Å². The van der Waals surface area contributed by atoms with Crippen molar-refractivity contribution in [1.82, 2.24) is 0 Å². The van der Waals surface area contributed by atoms with Crippen LogP contribution in [0.1, 0.15) is 84.5 Å². The molecule has 0 aromatic heterocycles. The van der Waals surface area contributed by atoms with Crippen molar-refractivity contribution in [1.29, 1.82) is 0 Å². The zero-order valence-electron chi connectivity index (χ0n) is 14.0. The van der Waals surface area contributed by atoms with E-state index in [0.717, 1.165) is 31.6 Å². The molecule has 0 saturated heterocycles. The van der Waals surface area contributed by atoms with Crippen LogP contribution in [0.25, 0.3) is 0 Å². The van der Waals surface area contributed by atoms with E-state index in [4.69, 9.17) is 5.11 Å². The molecule has 0 saturated carbocycles. The van der Waals surface area contributed by atoms with Crippen LogP contribution in [0.4, 0.5) is 0 Å². The van der Waals surface area contributed by atoms with Crippen LogP contribution in [0.5, 0.6) is 0 Å². The molecule has 1 unspecified atom stereocenters. The first-order chi connectivity index (χ1) is 10.2. The van der Waals surface area contributed by atoms with Crippen LogP contribution >= 0.6 is 0 Å². The summed E-state index contributed by atoms with van der Waals surface area (Å²) in [7, 11) is 0. The molecule has 0 aromatic carbocycles. The SMILES string of the molecule is CCC(C)CCCCC/C=C/C/C=C/CCCCC(=O)O. The van der Waals surface area contributed by atoms with E-state index in [1.807, 2.05) is 0 Å². The highest BCUT2D eigenvalue weighted by Crippen LogP contribution is 2.13. The van der Waals surface area contributed by atoms with E-state index in [1.54, 1.807) is 0 Å². The maximum atomic E-state index is 10.3. The standard InChI is InChI=1S/C19H34O2/c1-3-18(2)16-14-12-10-8-6-4-5-7-9-11-13-15-17-19(20)21/h4,6-7,9,18H,3,5,8,10-17H2,1-2H3,(H,20,21)/b6-4+,9-7+. The molecule has 2 heteroatoms. The predicted molar refractivity (Wildman–Crippen MR) is 91.5 cm³/mol. The summed E-state index contributed by atoms with van der Waals surface area (Å²) in [4.78, 5) is 10.3. The van der Waals surface area contributed by atoms with Gasteiger partial charge in [0, 0.05) is 6.42 Å². The maximum Gasteiger partial charge on any atom is 0.303 e. The minimum atomic E-state index is -0.689. The van der Waals surface area contributed by atoms with Gasteiger partial charge in [-0.1, -0.05) is 63.8 Å². The minimum absolute atomic E-state index is 0.296. The van der Waals surface area contributed by atoms with Gasteiger partial charge in [-0.15, -0.1) is 0 Å². The Morgan fingerprint density at radius 3 is 2.14 bits per heavy atom. The first-order valence-corrected chi connectivity index (χ1v) is 8.68. The first kappa shape index (κ1) is 19.9. The monoisotopic (exact) mass is 294 g/mol. The average Bonchev–Trinajstić information content (AvgIpc) is 2.46. The second-order valence-corrected chi connectivity index (χ2v) is 5.97. The van der Waals surface area contributed by atoms with Gasteiger partial charge in [0.25, 0.3) is 0 Å². The smallest absolute Gasteiger partial charge is 0.303 e. The van der Waals surface area contributed by atoms with E-state index in [9.17, 15) is 4.79 Å². The summed E-state index contributed by atoms with van der Waals surface area (Å²) in [6, 6.07) is 0. The quantitative estimate of drug-likeness (QED) is 0.309. The van der Waals surface area contributed by atoms with E-state index in [2.05, 4.69) is 38.2 Å². The second-order valence-electron chi connectivity index (χ2n) is 5.97. The first-order valence-electron chi connectivity index (χ1n) is 8.68. The van der Waals surface area contributed by atoms with Gasteiger partial charge in [0.15, 0.2) is 0 Å². The Labute approximate surface area is 131 Å². The lowest BCUT2D eigenvalue weighted by Crippen LogP contribution is -1.92. The summed E-state index contributed by atoms with van der Waals surface area (Å²) >= 11 is 0. The fraction of sp³-hybridized carbons (Fsp3) is 0.737. The topological polar surface area (TPSA) is 37.3 Å². The van der Waals surface area contributed by atoms with Crippen LogP contribution < -0.4 is 0 Å². The molecular formula is C19H34O2. The number of carbonyl (C=O) groups is 1. The molecule has 0 amide bonds. The lowest BCUT2D eigenvalue weighted by atomic mass is 10.0. The summed E-state index contributed by atoms with van der Waals surface area (Å²) in [6.07, 6.45) is 20.9. The molecule has 0 heterocycles. The number of hydrogen-bond donors (Lipinski definition) is 1. The van der Waals surface area contributed by atoms with Crippen LogP contribution in [0, 0.1) is 5.92 Å². The largest absolute Gasteiger partial charge is 0.481 e. The van der Waals surface area contributed by atoms with Crippen LogP contribution in [0.2, 0.25) is 0 Å². The molecule has 1 atom stereocenters. The molecule has 0 rings (SSSR count). The predicted octanol–water partition coefficient (Wildman–Crippen LogP) is 6.13. The molecule has 21 heavy (non-hydrogen) atoms. The van der Waals surface area contributed by atoms with Gasteiger partial charge in [-0.3, -0.25) is 4.79 Å². The fourth-order valence-corrected chi connectivity index (χ4v) is 2.18. The molecule has 0 fully saturated rings. The van der Waals surface area contributed by atoms with Crippen molar-refractivity contribution in [2.24, 2.45) is 5.92 Å². The molecule has 1 N–H and O–H groups in total. The number of carboxylic acids is 1. The zero-order chi connectivity index (χ0) is 15.8. The van der Waals surface area contributed by atoms with Gasteiger partial charge in [0.1, 0.15) is 0 Å². The number of carboxylic acid groups (broad SMARTS) is 1. The molecule has 0 aliphatic carbocycles. The zero-order valence-corrected chi connectivity index (χ0v) is 14.0. The Balaban J connectivity index is 3.26. The summed E-state index contributed by atoms with van der Waals surface area (Å²) < 4.78 is 0. The number of aliphatic carboxylic acids is 1. The third-order valence-corrected chi connectivity index (χ3v) is 3.88. The van der Waals surface area contributed by atoms with Crippen LogP contribution in [0.3, 0.4) is 0 Å². The molecule has 122 valence electrons. The molecule has 0 bridgehead atoms. The average molecular weight is 294 g/mol. The Hall–Kier alpha value is -1.05. The van der Waals surface area contributed by atoms with E-state index in [0.29, 0.717) is 6.42 Å². The summed E-state index contributed by atoms with van der Waals surface area (Å²) in [5, 5.41) is 8.50. The molecule has 0 aromatic rings. The fourth-order valence-electron chi connectivity index (χ4n) is 2.18. The van der Waals surface area contributed by atoms with Crippen molar-refractivity contribution in [2.45, 2.75) is 84.5 Å². The normalized spacial score (nSPS) is 13.2. The molecular weight excluding hydrogens is 260 g/mol. The maximum absolute atomic E-state index is 10.3. The molecule has 0 aliphatic heterocycles. The highest BCUT2D eigenvalue weighted by Gasteiger charge is 1.97. The van der Waals surface area contributed by atoms with Crippen molar-refractivity contribution in [3.8, 4) is 0 Å². The Morgan fingerprint density at radius 2 is 1.57 bits per heavy atom. The van der Waals surface area contributed by atoms with Gasteiger partial charge < -0.3 is 5.11 Å². The van der Waals surface area contributed by atoms with Crippen molar-refractivity contribution in [2.75, 3.05) is 0 Å². The number of allylic oxidation sites excluding steroid dienone is 4. The minimum Gasteiger partial charge on any atom is -0.481 e. The third kappa shape index (κ3) is 16.9. The van der Waals surface area contributed by atoms with E-state index in [-0.39, 0.29) is 0 Å². The van der Waals surface area contributed by atoms with Gasteiger partial charge >= 0.3 is 5.97 Å². The van der Waals surface area contributed by atoms with Crippen molar-refractivity contribution >= 4 is 5.97 Å². The Kier molecular flexibility index (Phi) is 14.6. The van der Waals surface area contributed by atoms with Gasteiger partial charge in [-0.05, 0) is 44.4 Å². The van der Waals surface area contributed by atoms with Gasteiger partial charge in [0.05, 0.1) is 0 Å². The number of hydrogen-bond acceptors (Lipinski definition) is 1.